The summed E-state index contributed by atoms with van der Waals surface area (Å²) in [7, 11) is 0. The fourth-order valence-corrected chi connectivity index (χ4v) is 4.58. The summed E-state index contributed by atoms with van der Waals surface area (Å²) in [5.74, 6) is -5.31. The first-order valence-corrected chi connectivity index (χ1v) is 11.9. The Hall–Kier alpha value is -3.51. The Morgan fingerprint density at radius 2 is 1.81 bits per heavy atom. The monoisotopic (exact) mass is 557 g/mol. The quantitative estimate of drug-likeness (QED) is 0.107. The third kappa shape index (κ3) is 8.25. The van der Waals surface area contributed by atoms with Crippen LogP contribution in [-0.4, -0.2) is 45.9 Å². The maximum atomic E-state index is 14.2. The van der Waals surface area contributed by atoms with E-state index in [-0.39, 0.29) is 47.3 Å². The van der Waals surface area contributed by atoms with Crippen molar-refractivity contribution in [2.24, 2.45) is 11.1 Å². The minimum Gasteiger partial charge on any atom is -0.481 e. The molecule has 2 aromatic rings. The molecule has 0 fully saturated rings. The Labute approximate surface area is 222 Å². The van der Waals surface area contributed by atoms with Crippen molar-refractivity contribution in [2.45, 2.75) is 52.0 Å². The summed E-state index contributed by atoms with van der Waals surface area (Å²) in [6.07, 6.45) is 0.282. The summed E-state index contributed by atoms with van der Waals surface area (Å²) in [4.78, 5) is 48.8. The molecular weight excluding hydrogens is 529 g/mol. The van der Waals surface area contributed by atoms with Crippen LogP contribution in [0.1, 0.15) is 59.6 Å². The number of amides is 1. The molecule has 0 radical (unpaired) electrons. The first-order valence-electron chi connectivity index (χ1n) is 11.1. The van der Waals surface area contributed by atoms with Crippen molar-refractivity contribution in [1.29, 1.82) is 5.41 Å². The number of esters is 1. The largest absolute Gasteiger partial charge is 0.481 e. The molecule has 0 aliphatic heterocycles. The van der Waals surface area contributed by atoms with Crippen LogP contribution >= 0.6 is 23.7 Å². The molecule has 202 valence electrons. The van der Waals surface area contributed by atoms with Gasteiger partial charge in [0.05, 0.1) is 5.41 Å². The van der Waals surface area contributed by atoms with Gasteiger partial charge in [-0.25, -0.2) is 14.0 Å². The van der Waals surface area contributed by atoms with Gasteiger partial charge < -0.3 is 26.0 Å². The van der Waals surface area contributed by atoms with Crippen molar-refractivity contribution in [3.63, 3.8) is 0 Å². The maximum absolute atomic E-state index is 14.2. The lowest BCUT2D eigenvalue weighted by atomic mass is 9.77. The predicted molar refractivity (Wildman–Crippen MR) is 137 cm³/mol. The Morgan fingerprint density at radius 3 is 2.32 bits per heavy atom. The van der Waals surface area contributed by atoms with E-state index in [4.69, 9.17) is 21.0 Å². The van der Waals surface area contributed by atoms with Crippen LogP contribution in [-0.2, 0) is 20.8 Å². The second-order valence-electron chi connectivity index (χ2n) is 8.18. The summed E-state index contributed by atoms with van der Waals surface area (Å²) in [5.41, 5.74) is 4.48. The number of amidine groups is 1. The van der Waals surface area contributed by atoms with Crippen LogP contribution in [0.25, 0.3) is 0 Å². The number of halogens is 2. The predicted octanol–water partition coefficient (Wildman–Crippen LogP) is 3.60. The number of carbonyl (C=O) groups excluding carboxylic acids is 2. The number of thiophene rings is 1. The second kappa shape index (κ2) is 13.7. The van der Waals surface area contributed by atoms with E-state index in [0.29, 0.717) is 17.7 Å². The van der Waals surface area contributed by atoms with E-state index in [0.717, 1.165) is 17.4 Å². The normalized spacial score (nSPS) is 11.6. The smallest absolute Gasteiger partial charge is 0.353 e. The van der Waals surface area contributed by atoms with Crippen LogP contribution < -0.4 is 15.8 Å². The first kappa shape index (κ1) is 31.5. The minimum absolute atomic E-state index is 0. The molecule has 1 heterocycles. The zero-order chi connectivity index (χ0) is 27.0. The number of benzene rings is 1. The molecule has 0 saturated carbocycles. The van der Waals surface area contributed by atoms with Crippen molar-refractivity contribution < 1.29 is 38.5 Å². The number of ether oxygens (including phenoxy) is 1. The number of carboxylic acid groups (broad SMARTS) is 2. The third-order valence-electron chi connectivity index (χ3n) is 5.91. The molecule has 1 amide bonds. The zero-order valence-corrected chi connectivity index (χ0v) is 21.8. The molecular formula is C24H29ClFN3O7S. The SMILES string of the molecule is CCC(CC)(Cc1ccc(C(=O)Oc2ccc(C(=N)N)cc2F)s1)C(=O)N[C@H](CCC(=O)O)C(=O)O.Cl. The first-order chi connectivity index (χ1) is 16.9. The summed E-state index contributed by atoms with van der Waals surface area (Å²) >= 11 is 1.06. The number of nitrogens with one attached hydrogen (secondary N) is 2. The van der Waals surface area contributed by atoms with Crippen LogP contribution in [0, 0.1) is 16.6 Å². The lowest BCUT2D eigenvalue weighted by Crippen LogP contribution is -2.49. The highest BCUT2D eigenvalue weighted by atomic mass is 35.5. The van der Waals surface area contributed by atoms with Gasteiger partial charge in [-0.05, 0) is 56.0 Å². The Morgan fingerprint density at radius 1 is 1.16 bits per heavy atom. The van der Waals surface area contributed by atoms with Gasteiger partial charge in [0.2, 0.25) is 5.91 Å². The zero-order valence-electron chi connectivity index (χ0n) is 20.2. The lowest BCUT2D eigenvalue weighted by molar-refractivity contribution is -0.145. The molecule has 6 N–H and O–H groups in total. The number of nitrogens with two attached hydrogens (primary N) is 1. The van der Waals surface area contributed by atoms with Crippen molar-refractivity contribution in [3.8, 4) is 5.75 Å². The number of rotatable bonds is 13. The molecule has 0 aliphatic carbocycles. The standard InChI is InChI=1S/C24H28FN3O7S.ClH/c1-3-24(4-2,23(34)28-16(21(31)32)7-10-19(29)30)12-14-6-9-18(36-14)22(33)35-17-8-5-13(20(26)27)11-15(17)25;/h5-6,8-9,11,16H,3-4,7,10,12H2,1-2H3,(H3,26,27)(H,28,34)(H,29,30)(H,31,32);1H/t16-;/m1./s1. The van der Waals surface area contributed by atoms with Crippen LogP contribution in [0.2, 0.25) is 0 Å². The number of hydrogen-bond donors (Lipinski definition) is 5. The van der Waals surface area contributed by atoms with Crippen molar-refractivity contribution in [1.82, 2.24) is 5.32 Å². The van der Waals surface area contributed by atoms with E-state index in [9.17, 15) is 28.7 Å². The molecule has 37 heavy (non-hydrogen) atoms. The molecule has 0 unspecified atom stereocenters. The van der Waals surface area contributed by atoms with Gasteiger partial charge in [-0.15, -0.1) is 23.7 Å². The number of carbonyl (C=O) groups is 4. The van der Waals surface area contributed by atoms with Gasteiger partial charge in [0.1, 0.15) is 16.8 Å². The molecule has 13 heteroatoms. The van der Waals surface area contributed by atoms with Crippen LogP contribution in [0.15, 0.2) is 30.3 Å². The van der Waals surface area contributed by atoms with Gasteiger partial charge in [0.15, 0.2) is 11.6 Å². The highest BCUT2D eigenvalue weighted by molar-refractivity contribution is 7.14. The Bertz CT molecular complexity index is 1170. The number of nitrogen functional groups attached to an aromatic ring is 1. The van der Waals surface area contributed by atoms with Crippen LogP contribution in [0.3, 0.4) is 0 Å². The summed E-state index contributed by atoms with van der Waals surface area (Å²) in [6, 6.07) is 5.33. The van der Waals surface area contributed by atoms with Crippen molar-refractivity contribution in [3.05, 3.63) is 51.5 Å². The van der Waals surface area contributed by atoms with E-state index in [1.807, 2.05) is 0 Å². The molecule has 0 aliphatic rings. The molecule has 1 aromatic carbocycles. The number of carboxylic acids is 2. The number of hydrogen-bond acceptors (Lipinski definition) is 7. The molecule has 0 spiro atoms. The Kier molecular flexibility index (Phi) is 11.7. The molecule has 1 atom stereocenters. The Balaban J connectivity index is 0.00000684. The van der Waals surface area contributed by atoms with Gasteiger partial charge in [-0.1, -0.05) is 13.8 Å². The van der Waals surface area contributed by atoms with Crippen LogP contribution in [0.4, 0.5) is 4.39 Å². The van der Waals surface area contributed by atoms with E-state index in [2.05, 4.69) is 5.32 Å². The topological polar surface area (TPSA) is 180 Å². The van der Waals surface area contributed by atoms with E-state index in [1.165, 1.54) is 18.2 Å². The van der Waals surface area contributed by atoms with Gasteiger partial charge in [0.25, 0.3) is 0 Å². The van der Waals surface area contributed by atoms with Gasteiger partial charge in [-0.3, -0.25) is 15.0 Å². The molecule has 10 nitrogen and oxygen atoms in total. The van der Waals surface area contributed by atoms with Gasteiger partial charge in [0, 0.05) is 16.9 Å². The highest BCUT2D eigenvalue weighted by Crippen LogP contribution is 2.34. The maximum Gasteiger partial charge on any atom is 0.353 e. The van der Waals surface area contributed by atoms with Crippen molar-refractivity contribution in [2.75, 3.05) is 0 Å². The molecule has 2 rings (SSSR count). The average molecular weight is 558 g/mol. The van der Waals surface area contributed by atoms with Crippen molar-refractivity contribution >= 4 is 53.4 Å². The van der Waals surface area contributed by atoms with Crippen LogP contribution in [0.5, 0.6) is 5.75 Å². The van der Waals surface area contributed by atoms with Gasteiger partial charge >= 0.3 is 17.9 Å². The van der Waals surface area contributed by atoms with E-state index >= 15 is 0 Å². The lowest BCUT2D eigenvalue weighted by Gasteiger charge is -2.31. The number of aliphatic carboxylic acids is 2. The average Bonchev–Trinajstić information content (AvgIpc) is 3.29. The molecule has 0 saturated heterocycles. The minimum atomic E-state index is -1.34. The molecule has 0 bridgehead atoms. The summed E-state index contributed by atoms with van der Waals surface area (Å²) in [6.45, 7) is 3.57. The summed E-state index contributed by atoms with van der Waals surface area (Å²) in [5, 5.41) is 28.0. The van der Waals surface area contributed by atoms with E-state index < -0.39 is 47.5 Å². The second-order valence-corrected chi connectivity index (χ2v) is 9.34. The fourth-order valence-electron chi connectivity index (χ4n) is 3.56. The fraction of sp³-hybridized carbons (Fsp3) is 0.375. The molecule has 1 aromatic heterocycles. The third-order valence-corrected chi connectivity index (χ3v) is 6.97. The summed E-state index contributed by atoms with van der Waals surface area (Å²) < 4.78 is 19.3. The van der Waals surface area contributed by atoms with Gasteiger partial charge in [-0.2, -0.15) is 0 Å². The van der Waals surface area contributed by atoms with E-state index in [1.54, 1.807) is 19.9 Å². The highest BCUT2D eigenvalue weighted by Gasteiger charge is 2.38.